The van der Waals surface area contributed by atoms with Crippen LogP contribution in [0.2, 0.25) is 0 Å². The molecule has 0 aliphatic heterocycles. The number of carbonyl (C=O) groups excluding carboxylic acids is 1. The van der Waals surface area contributed by atoms with E-state index in [4.69, 9.17) is 4.74 Å². The van der Waals surface area contributed by atoms with E-state index in [2.05, 4.69) is 9.72 Å². The normalized spacial score (nSPS) is 9.86. The molecule has 0 spiro atoms. The molecule has 1 aromatic rings. The first kappa shape index (κ1) is 10.6. The molecule has 0 aliphatic carbocycles. The number of aromatic nitrogens is 1. The number of ether oxygens (including phenoxy) is 2. The van der Waals surface area contributed by atoms with Crippen molar-refractivity contribution in [3.8, 4) is 0 Å². The second kappa shape index (κ2) is 5.29. The van der Waals surface area contributed by atoms with Gasteiger partial charge in [0.05, 0.1) is 12.2 Å². The van der Waals surface area contributed by atoms with Crippen molar-refractivity contribution in [3.63, 3.8) is 0 Å². The lowest BCUT2D eigenvalue weighted by molar-refractivity contribution is 0.0387. The molecule has 0 radical (unpaired) electrons. The highest BCUT2D eigenvalue weighted by molar-refractivity contribution is 5.89. The van der Waals surface area contributed by atoms with Gasteiger partial charge in [0.1, 0.15) is 6.61 Å². The molecule has 0 atom stereocenters. The molecule has 0 saturated heterocycles. The average molecular weight is 199 g/mol. The van der Waals surface area contributed by atoms with Crippen LogP contribution in [0.25, 0.3) is 0 Å². The molecule has 1 heterocycles. The van der Waals surface area contributed by atoms with Gasteiger partial charge in [0.25, 0.3) is 0 Å². The number of pyridine rings is 1. The van der Waals surface area contributed by atoms with Gasteiger partial charge in [-0.2, -0.15) is 4.39 Å². The van der Waals surface area contributed by atoms with Crippen LogP contribution in [0.4, 0.5) is 4.39 Å². The molecule has 1 aromatic heterocycles. The molecule has 0 unspecified atom stereocenters. The van der Waals surface area contributed by atoms with E-state index < -0.39 is 11.9 Å². The van der Waals surface area contributed by atoms with Crippen molar-refractivity contribution in [2.75, 3.05) is 20.3 Å². The molecule has 14 heavy (non-hydrogen) atoms. The van der Waals surface area contributed by atoms with Gasteiger partial charge in [0.15, 0.2) is 0 Å². The van der Waals surface area contributed by atoms with Crippen LogP contribution in [0.3, 0.4) is 0 Å². The van der Waals surface area contributed by atoms with Gasteiger partial charge in [-0.05, 0) is 6.07 Å². The van der Waals surface area contributed by atoms with Gasteiger partial charge >= 0.3 is 5.97 Å². The first-order chi connectivity index (χ1) is 6.74. The summed E-state index contributed by atoms with van der Waals surface area (Å²) in [5, 5.41) is 0. The number of hydrogen-bond acceptors (Lipinski definition) is 4. The average Bonchev–Trinajstić information content (AvgIpc) is 2.18. The third kappa shape index (κ3) is 3.10. The molecule has 0 fully saturated rings. The fourth-order valence-corrected chi connectivity index (χ4v) is 0.830. The van der Waals surface area contributed by atoms with Gasteiger partial charge in [-0.3, -0.25) is 0 Å². The molecule has 0 saturated carbocycles. The van der Waals surface area contributed by atoms with E-state index in [9.17, 15) is 9.18 Å². The summed E-state index contributed by atoms with van der Waals surface area (Å²) in [5.74, 6) is -1.28. The lowest BCUT2D eigenvalue weighted by atomic mass is 10.3. The summed E-state index contributed by atoms with van der Waals surface area (Å²) in [6.07, 6.45) is 1.21. The minimum absolute atomic E-state index is 0.147. The predicted octanol–water partition coefficient (Wildman–Crippen LogP) is 1.02. The Morgan fingerprint density at radius 1 is 1.57 bits per heavy atom. The minimum Gasteiger partial charge on any atom is -0.460 e. The monoisotopic (exact) mass is 199 g/mol. The topological polar surface area (TPSA) is 48.4 Å². The van der Waals surface area contributed by atoms with Crippen molar-refractivity contribution in [3.05, 3.63) is 29.8 Å². The number of esters is 1. The first-order valence-electron chi connectivity index (χ1n) is 4.01. The van der Waals surface area contributed by atoms with Crippen molar-refractivity contribution < 1.29 is 18.7 Å². The quantitative estimate of drug-likeness (QED) is 0.412. The van der Waals surface area contributed by atoms with Crippen LogP contribution in [0.15, 0.2) is 18.3 Å². The maximum atomic E-state index is 12.6. The number of nitrogens with zero attached hydrogens (tertiary/aromatic N) is 1. The van der Waals surface area contributed by atoms with Gasteiger partial charge in [-0.25, -0.2) is 9.78 Å². The van der Waals surface area contributed by atoms with E-state index in [0.29, 0.717) is 6.61 Å². The summed E-state index contributed by atoms with van der Waals surface area (Å²) in [7, 11) is 1.50. The highest BCUT2D eigenvalue weighted by Crippen LogP contribution is 2.02. The van der Waals surface area contributed by atoms with Crippen molar-refractivity contribution in [2.45, 2.75) is 0 Å². The van der Waals surface area contributed by atoms with E-state index in [-0.39, 0.29) is 12.2 Å². The molecule has 0 amide bonds. The molecule has 0 N–H and O–H groups in total. The molecule has 4 nitrogen and oxygen atoms in total. The number of halogens is 1. The zero-order valence-electron chi connectivity index (χ0n) is 7.70. The number of methoxy groups -OCH3 is 1. The van der Waals surface area contributed by atoms with Crippen LogP contribution in [0, 0.1) is 5.95 Å². The number of carbonyl (C=O) groups is 1. The molecule has 0 aliphatic rings. The molecule has 0 aromatic carbocycles. The Kier molecular flexibility index (Phi) is 4.00. The van der Waals surface area contributed by atoms with Gasteiger partial charge in [-0.1, -0.05) is 0 Å². The van der Waals surface area contributed by atoms with Crippen LogP contribution in [0.1, 0.15) is 10.4 Å². The van der Waals surface area contributed by atoms with Crippen molar-refractivity contribution in [1.29, 1.82) is 0 Å². The third-order valence-electron chi connectivity index (χ3n) is 1.48. The lowest BCUT2D eigenvalue weighted by Gasteiger charge is -2.03. The Morgan fingerprint density at radius 3 is 3.00 bits per heavy atom. The summed E-state index contributed by atoms with van der Waals surface area (Å²) < 4.78 is 22.0. The largest absolute Gasteiger partial charge is 0.460 e. The SMILES string of the molecule is COCCOC(=O)c1ccnc(F)c1. The second-order valence-corrected chi connectivity index (χ2v) is 2.50. The number of rotatable bonds is 4. The fraction of sp³-hybridized carbons (Fsp3) is 0.333. The van der Waals surface area contributed by atoms with Crippen LogP contribution in [-0.4, -0.2) is 31.3 Å². The van der Waals surface area contributed by atoms with E-state index in [1.165, 1.54) is 19.4 Å². The Hall–Kier alpha value is -1.49. The van der Waals surface area contributed by atoms with Gasteiger partial charge in [0, 0.05) is 19.4 Å². The summed E-state index contributed by atoms with van der Waals surface area (Å²) in [4.78, 5) is 14.5. The summed E-state index contributed by atoms with van der Waals surface area (Å²) >= 11 is 0. The van der Waals surface area contributed by atoms with Crippen molar-refractivity contribution in [2.24, 2.45) is 0 Å². The Bertz CT molecular complexity index is 317. The predicted molar refractivity (Wildman–Crippen MR) is 46.4 cm³/mol. The maximum Gasteiger partial charge on any atom is 0.338 e. The fourth-order valence-electron chi connectivity index (χ4n) is 0.830. The summed E-state index contributed by atoms with van der Waals surface area (Å²) in [5.41, 5.74) is 0.147. The summed E-state index contributed by atoms with van der Waals surface area (Å²) in [6, 6.07) is 2.41. The van der Waals surface area contributed by atoms with E-state index in [1.54, 1.807) is 0 Å². The smallest absolute Gasteiger partial charge is 0.338 e. The lowest BCUT2D eigenvalue weighted by Crippen LogP contribution is -2.10. The number of hydrogen-bond donors (Lipinski definition) is 0. The van der Waals surface area contributed by atoms with Gasteiger partial charge < -0.3 is 9.47 Å². The first-order valence-corrected chi connectivity index (χ1v) is 4.01. The molecule has 76 valence electrons. The van der Waals surface area contributed by atoms with Crippen LogP contribution in [-0.2, 0) is 9.47 Å². The van der Waals surface area contributed by atoms with Gasteiger partial charge in [-0.15, -0.1) is 0 Å². The molecular weight excluding hydrogens is 189 g/mol. The van der Waals surface area contributed by atoms with Crippen LogP contribution < -0.4 is 0 Å². The van der Waals surface area contributed by atoms with Crippen LogP contribution >= 0.6 is 0 Å². The zero-order chi connectivity index (χ0) is 10.4. The highest BCUT2D eigenvalue weighted by atomic mass is 19.1. The van der Waals surface area contributed by atoms with Crippen LogP contribution in [0.5, 0.6) is 0 Å². The standard InChI is InChI=1S/C9H10FNO3/c1-13-4-5-14-9(12)7-2-3-11-8(10)6-7/h2-3,6H,4-5H2,1H3. The minimum atomic E-state index is -0.703. The Balaban J connectivity index is 2.52. The van der Waals surface area contributed by atoms with E-state index in [1.807, 2.05) is 0 Å². The maximum absolute atomic E-state index is 12.6. The second-order valence-electron chi connectivity index (χ2n) is 2.50. The Labute approximate surface area is 80.7 Å². The van der Waals surface area contributed by atoms with Gasteiger partial charge in [0.2, 0.25) is 5.95 Å². The Morgan fingerprint density at radius 2 is 2.36 bits per heavy atom. The zero-order valence-corrected chi connectivity index (χ0v) is 7.70. The summed E-state index contributed by atoms with van der Waals surface area (Å²) in [6.45, 7) is 0.471. The molecule has 0 bridgehead atoms. The van der Waals surface area contributed by atoms with E-state index in [0.717, 1.165) is 6.07 Å². The van der Waals surface area contributed by atoms with E-state index >= 15 is 0 Å². The molecule has 5 heteroatoms. The van der Waals surface area contributed by atoms with Crippen molar-refractivity contribution in [1.82, 2.24) is 4.98 Å². The van der Waals surface area contributed by atoms with Crippen molar-refractivity contribution >= 4 is 5.97 Å². The third-order valence-corrected chi connectivity index (χ3v) is 1.48. The molecule has 1 rings (SSSR count). The molecular formula is C9H10FNO3. The highest BCUT2D eigenvalue weighted by Gasteiger charge is 2.07.